The van der Waals surface area contributed by atoms with Gasteiger partial charge in [0.2, 0.25) is 5.91 Å². The average Bonchev–Trinajstić information content (AvgIpc) is 3.20. The van der Waals surface area contributed by atoms with Crippen molar-refractivity contribution < 1.29 is 9.21 Å². The van der Waals surface area contributed by atoms with Crippen molar-refractivity contribution in [3.05, 3.63) is 35.7 Å². The van der Waals surface area contributed by atoms with Gasteiger partial charge in [0, 0.05) is 50.4 Å². The van der Waals surface area contributed by atoms with E-state index in [0.29, 0.717) is 0 Å². The van der Waals surface area contributed by atoms with E-state index >= 15 is 0 Å². The Morgan fingerprint density at radius 2 is 2.04 bits per heavy atom. The summed E-state index contributed by atoms with van der Waals surface area (Å²) in [5.74, 6) is 1.92. The van der Waals surface area contributed by atoms with Crippen molar-refractivity contribution >= 4 is 17.4 Å². The van der Waals surface area contributed by atoms with Crippen LogP contribution >= 0.6 is 0 Å². The van der Waals surface area contributed by atoms with Crippen molar-refractivity contribution in [2.45, 2.75) is 27.2 Å². The topological polar surface area (TPSA) is 66.9 Å². The molecular formula is C19H23N5O2. The van der Waals surface area contributed by atoms with E-state index in [1.54, 1.807) is 13.2 Å². The number of rotatable bonds is 2. The molecule has 1 fully saturated rings. The Balaban J connectivity index is 1.78. The fourth-order valence-electron chi connectivity index (χ4n) is 3.54. The third-order valence-electron chi connectivity index (χ3n) is 5.07. The average molecular weight is 353 g/mol. The summed E-state index contributed by atoms with van der Waals surface area (Å²) in [5.41, 5.74) is 3.69. The van der Waals surface area contributed by atoms with Crippen molar-refractivity contribution in [3.63, 3.8) is 0 Å². The number of amides is 1. The van der Waals surface area contributed by atoms with E-state index in [1.807, 2.05) is 34.5 Å². The molecule has 1 amide bonds. The standard InChI is InChI=1S/C19H23N5O2/c1-13-14(2)20-18-12-16(17-6-4-11-26-17)21-24(18)19(13)23-8-5-7-22(9-10-23)15(3)25/h4,6,11-12H,5,7-10H2,1-3H3. The minimum atomic E-state index is 0.138. The molecule has 1 aliphatic rings. The summed E-state index contributed by atoms with van der Waals surface area (Å²) in [5, 5.41) is 4.76. The van der Waals surface area contributed by atoms with Gasteiger partial charge in [0.15, 0.2) is 11.4 Å². The molecule has 3 aromatic heterocycles. The van der Waals surface area contributed by atoms with E-state index in [2.05, 4.69) is 11.8 Å². The lowest BCUT2D eigenvalue weighted by atomic mass is 10.2. The Morgan fingerprint density at radius 1 is 1.19 bits per heavy atom. The van der Waals surface area contributed by atoms with Crippen LogP contribution in [0.3, 0.4) is 0 Å². The molecular weight excluding hydrogens is 330 g/mol. The number of carbonyl (C=O) groups excluding carboxylic acids is 1. The molecule has 0 spiro atoms. The summed E-state index contributed by atoms with van der Waals surface area (Å²) in [4.78, 5) is 20.7. The molecule has 0 N–H and O–H groups in total. The second-order valence-electron chi connectivity index (χ2n) is 6.77. The zero-order chi connectivity index (χ0) is 18.3. The molecule has 0 saturated carbocycles. The van der Waals surface area contributed by atoms with E-state index in [0.717, 1.165) is 66.8 Å². The number of aromatic nitrogens is 3. The maximum atomic E-state index is 11.7. The van der Waals surface area contributed by atoms with E-state index < -0.39 is 0 Å². The highest BCUT2D eigenvalue weighted by atomic mass is 16.3. The van der Waals surface area contributed by atoms with Crippen molar-refractivity contribution in [2.24, 2.45) is 0 Å². The van der Waals surface area contributed by atoms with Gasteiger partial charge in [-0.25, -0.2) is 4.98 Å². The number of hydrogen-bond acceptors (Lipinski definition) is 5. The van der Waals surface area contributed by atoms with Crippen LogP contribution in [0.4, 0.5) is 5.82 Å². The van der Waals surface area contributed by atoms with Crippen LogP contribution < -0.4 is 4.90 Å². The molecule has 136 valence electrons. The van der Waals surface area contributed by atoms with Crippen molar-refractivity contribution in [1.82, 2.24) is 19.5 Å². The predicted octanol–water partition coefficient (Wildman–Crippen LogP) is 2.66. The first-order chi connectivity index (χ1) is 12.5. The molecule has 0 atom stereocenters. The van der Waals surface area contributed by atoms with Gasteiger partial charge in [0.25, 0.3) is 0 Å². The molecule has 26 heavy (non-hydrogen) atoms. The molecule has 0 aliphatic carbocycles. The zero-order valence-corrected chi connectivity index (χ0v) is 15.4. The molecule has 4 heterocycles. The first-order valence-electron chi connectivity index (χ1n) is 8.96. The maximum absolute atomic E-state index is 11.7. The highest BCUT2D eigenvalue weighted by molar-refractivity contribution is 5.73. The van der Waals surface area contributed by atoms with Crippen LogP contribution in [0.1, 0.15) is 24.6 Å². The highest BCUT2D eigenvalue weighted by Gasteiger charge is 2.22. The lowest BCUT2D eigenvalue weighted by Gasteiger charge is -2.26. The number of aryl methyl sites for hydroxylation is 1. The van der Waals surface area contributed by atoms with Crippen LogP contribution in [0.2, 0.25) is 0 Å². The zero-order valence-electron chi connectivity index (χ0n) is 15.4. The normalized spacial score (nSPS) is 15.5. The minimum absolute atomic E-state index is 0.138. The van der Waals surface area contributed by atoms with Crippen LogP contribution in [-0.4, -0.2) is 51.6 Å². The number of fused-ring (bicyclic) bond motifs is 1. The Bertz CT molecular complexity index is 945. The quantitative estimate of drug-likeness (QED) is 0.709. The van der Waals surface area contributed by atoms with E-state index in [4.69, 9.17) is 14.5 Å². The number of nitrogens with zero attached hydrogens (tertiary/aromatic N) is 5. The van der Waals surface area contributed by atoms with E-state index in [1.165, 1.54) is 0 Å². The molecule has 0 bridgehead atoms. The molecule has 1 saturated heterocycles. The number of hydrogen-bond donors (Lipinski definition) is 0. The molecule has 7 heteroatoms. The number of carbonyl (C=O) groups is 1. The summed E-state index contributed by atoms with van der Waals surface area (Å²) in [6, 6.07) is 5.71. The first-order valence-corrected chi connectivity index (χ1v) is 8.96. The third-order valence-corrected chi connectivity index (χ3v) is 5.07. The van der Waals surface area contributed by atoms with E-state index in [9.17, 15) is 4.79 Å². The van der Waals surface area contributed by atoms with Crippen LogP contribution in [0.5, 0.6) is 0 Å². The summed E-state index contributed by atoms with van der Waals surface area (Å²) < 4.78 is 7.40. The van der Waals surface area contributed by atoms with Gasteiger partial charge in [0.05, 0.1) is 6.26 Å². The number of anilines is 1. The summed E-state index contributed by atoms with van der Waals surface area (Å²) in [6.07, 6.45) is 2.59. The third kappa shape index (κ3) is 2.83. The van der Waals surface area contributed by atoms with Gasteiger partial charge in [0.1, 0.15) is 11.5 Å². The largest absolute Gasteiger partial charge is 0.463 e. The first kappa shape index (κ1) is 16.6. The lowest BCUT2D eigenvalue weighted by molar-refractivity contribution is -0.128. The van der Waals surface area contributed by atoms with Crippen molar-refractivity contribution in [1.29, 1.82) is 0 Å². The van der Waals surface area contributed by atoms with Gasteiger partial charge in [-0.3, -0.25) is 4.79 Å². The molecule has 7 nitrogen and oxygen atoms in total. The Kier molecular flexibility index (Phi) is 4.14. The second-order valence-corrected chi connectivity index (χ2v) is 6.77. The fourth-order valence-corrected chi connectivity index (χ4v) is 3.54. The SMILES string of the molecule is CC(=O)N1CCCN(c2c(C)c(C)nc3cc(-c4ccco4)nn23)CC1. The second kappa shape index (κ2) is 6.48. The number of furan rings is 1. The van der Waals surface area contributed by atoms with Gasteiger partial charge < -0.3 is 14.2 Å². The van der Waals surface area contributed by atoms with E-state index in [-0.39, 0.29) is 5.91 Å². The smallest absolute Gasteiger partial charge is 0.219 e. The Labute approximate surface area is 152 Å². The molecule has 4 rings (SSSR count). The maximum Gasteiger partial charge on any atom is 0.219 e. The lowest BCUT2D eigenvalue weighted by Crippen LogP contribution is -2.34. The fraction of sp³-hybridized carbons (Fsp3) is 0.421. The van der Waals surface area contributed by atoms with Crippen molar-refractivity contribution in [3.8, 4) is 11.5 Å². The molecule has 0 radical (unpaired) electrons. The van der Waals surface area contributed by atoms with Crippen LogP contribution in [0.25, 0.3) is 17.1 Å². The molecule has 0 aromatic carbocycles. The summed E-state index contributed by atoms with van der Waals surface area (Å²) >= 11 is 0. The monoisotopic (exact) mass is 353 g/mol. The van der Waals surface area contributed by atoms with Gasteiger partial charge in [-0.2, -0.15) is 9.61 Å². The molecule has 0 unspecified atom stereocenters. The van der Waals surface area contributed by atoms with Crippen LogP contribution in [-0.2, 0) is 4.79 Å². The van der Waals surface area contributed by atoms with Gasteiger partial charge in [-0.15, -0.1) is 0 Å². The van der Waals surface area contributed by atoms with Crippen LogP contribution in [0, 0.1) is 13.8 Å². The molecule has 1 aliphatic heterocycles. The Hall–Kier alpha value is -2.83. The van der Waals surface area contributed by atoms with Crippen LogP contribution in [0.15, 0.2) is 28.9 Å². The minimum Gasteiger partial charge on any atom is -0.463 e. The Morgan fingerprint density at radius 3 is 2.77 bits per heavy atom. The summed E-state index contributed by atoms with van der Waals surface area (Å²) in [6.45, 7) is 8.95. The van der Waals surface area contributed by atoms with Gasteiger partial charge >= 0.3 is 0 Å². The highest BCUT2D eigenvalue weighted by Crippen LogP contribution is 2.27. The molecule has 3 aromatic rings. The van der Waals surface area contributed by atoms with Crippen molar-refractivity contribution in [2.75, 3.05) is 31.1 Å². The summed E-state index contributed by atoms with van der Waals surface area (Å²) in [7, 11) is 0. The van der Waals surface area contributed by atoms with Gasteiger partial charge in [-0.1, -0.05) is 0 Å². The van der Waals surface area contributed by atoms with Gasteiger partial charge in [-0.05, 0) is 32.4 Å². The predicted molar refractivity (Wildman–Crippen MR) is 99.2 cm³/mol.